The van der Waals surface area contributed by atoms with Crippen molar-refractivity contribution in [1.82, 2.24) is 0 Å². The van der Waals surface area contributed by atoms with Crippen LogP contribution in [0.2, 0.25) is 5.02 Å². The Kier molecular flexibility index (Phi) is 9.88. The maximum atomic E-state index is 13.4. The first-order valence-electron chi connectivity index (χ1n) is 12.8. The number of nitrogens with one attached hydrogen (secondary N) is 2. The number of hydrogen-bond acceptors (Lipinski definition) is 6. The Hall–Kier alpha value is -2.81. The molecule has 38 heavy (non-hydrogen) atoms. The van der Waals surface area contributed by atoms with Crippen molar-refractivity contribution in [3.63, 3.8) is 0 Å². The van der Waals surface area contributed by atoms with E-state index in [9.17, 15) is 14.4 Å². The van der Waals surface area contributed by atoms with Crippen LogP contribution in [0.4, 0.5) is 10.7 Å². The lowest BCUT2D eigenvalue weighted by Gasteiger charge is -2.16. The van der Waals surface area contributed by atoms with Gasteiger partial charge in [0.25, 0.3) is 5.91 Å². The molecule has 0 saturated carbocycles. The predicted octanol–water partition coefficient (Wildman–Crippen LogP) is 7.61. The highest BCUT2D eigenvalue weighted by atomic mass is 35.5. The maximum Gasteiger partial charge on any atom is 0.341 e. The molecule has 2 amide bonds. The van der Waals surface area contributed by atoms with Crippen molar-refractivity contribution in [2.45, 2.75) is 62.0 Å². The number of fused-ring (bicyclic) bond motifs is 1. The summed E-state index contributed by atoms with van der Waals surface area (Å²) in [6, 6.07) is 14.2. The van der Waals surface area contributed by atoms with E-state index < -0.39 is 5.97 Å². The Morgan fingerprint density at radius 3 is 2.53 bits per heavy atom. The fraction of sp³-hybridized carbons (Fsp3) is 0.345. The van der Waals surface area contributed by atoms with Crippen molar-refractivity contribution < 1.29 is 19.1 Å². The average Bonchev–Trinajstić information content (AvgIpc) is 3.22. The number of hydrogen-bond donors (Lipinski definition) is 2. The number of carbonyl (C=O) groups is 3. The molecule has 0 radical (unpaired) electrons. The van der Waals surface area contributed by atoms with Crippen LogP contribution >= 0.6 is 34.7 Å². The standard InChI is InChI=1S/C29H31ClN2O4S2/c1-3-23(37-21-13-9-12-20(17-21)31-26(33)18-10-8-11-19(30)16-18)27(34)32-28-25(29(35)36-2)22-14-6-4-5-7-15-24(22)38-28/h8-13,16-17,23H,3-7,14-15H2,1-2H3,(H,31,33)(H,32,34). The Bertz CT molecular complexity index is 1320. The highest BCUT2D eigenvalue weighted by Crippen LogP contribution is 2.38. The molecule has 200 valence electrons. The van der Waals surface area contributed by atoms with E-state index in [1.54, 1.807) is 30.3 Å². The second-order valence-corrected chi connectivity index (χ2v) is 11.9. The molecule has 6 nitrogen and oxygen atoms in total. The summed E-state index contributed by atoms with van der Waals surface area (Å²) in [4.78, 5) is 40.7. The van der Waals surface area contributed by atoms with Crippen molar-refractivity contribution in [3.8, 4) is 0 Å². The van der Waals surface area contributed by atoms with E-state index in [2.05, 4.69) is 10.6 Å². The quantitative estimate of drug-likeness (QED) is 0.215. The highest BCUT2D eigenvalue weighted by molar-refractivity contribution is 8.00. The number of benzene rings is 2. The number of halogens is 1. The lowest BCUT2D eigenvalue weighted by Crippen LogP contribution is -2.25. The van der Waals surface area contributed by atoms with E-state index >= 15 is 0 Å². The summed E-state index contributed by atoms with van der Waals surface area (Å²) in [7, 11) is 1.38. The van der Waals surface area contributed by atoms with Gasteiger partial charge in [0.05, 0.1) is 17.9 Å². The number of thiophene rings is 1. The second kappa shape index (κ2) is 13.3. The van der Waals surface area contributed by atoms with Gasteiger partial charge in [0.15, 0.2) is 0 Å². The van der Waals surface area contributed by atoms with Gasteiger partial charge in [-0.25, -0.2) is 4.79 Å². The number of esters is 1. The van der Waals surface area contributed by atoms with Gasteiger partial charge in [0, 0.05) is 26.0 Å². The Morgan fingerprint density at radius 1 is 1.03 bits per heavy atom. The number of ether oxygens (including phenoxy) is 1. The average molecular weight is 571 g/mol. The van der Waals surface area contributed by atoms with E-state index in [-0.39, 0.29) is 17.1 Å². The number of aryl methyl sites for hydroxylation is 1. The normalized spacial score (nSPS) is 14.0. The zero-order valence-corrected chi connectivity index (χ0v) is 23.9. The van der Waals surface area contributed by atoms with Gasteiger partial charge >= 0.3 is 5.97 Å². The number of amides is 2. The van der Waals surface area contributed by atoms with Crippen LogP contribution in [0, 0.1) is 0 Å². The van der Waals surface area contributed by atoms with Crippen LogP contribution in [0.1, 0.15) is 70.2 Å². The fourth-order valence-corrected chi connectivity index (χ4v) is 6.97. The predicted molar refractivity (Wildman–Crippen MR) is 156 cm³/mol. The monoisotopic (exact) mass is 570 g/mol. The summed E-state index contributed by atoms with van der Waals surface area (Å²) >= 11 is 8.93. The summed E-state index contributed by atoms with van der Waals surface area (Å²) in [5, 5.41) is 6.62. The van der Waals surface area contributed by atoms with Gasteiger partial charge in [0.1, 0.15) is 5.00 Å². The fourth-order valence-electron chi connectivity index (χ4n) is 4.48. The first kappa shape index (κ1) is 28.2. The molecule has 1 aliphatic rings. The summed E-state index contributed by atoms with van der Waals surface area (Å²) in [5.41, 5.74) is 2.63. The molecule has 9 heteroatoms. The Balaban J connectivity index is 1.48. The van der Waals surface area contributed by atoms with E-state index in [0.29, 0.717) is 33.3 Å². The molecule has 0 spiro atoms. The molecule has 4 rings (SSSR count). The van der Waals surface area contributed by atoms with Crippen LogP contribution in [0.5, 0.6) is 0 Å². The van der Waals surface area contributed by atoms with Gasteiger partial charge in [-0.2, -0.15) is 0 Å². The van der Waals surface area contributed by atoms with Gasteiger partial charge in [-0.15, -0.1) is 23.1 Å². The van der Waals surface area contributed by atoms with Crippen LogP contribution in [0.25, 0.3) is 0 Å². The molecular weight excluding hydrogens is 540 g/mol. The number of anilines is 2. The number of thioether (sulfide) groups is 1. The molecule has 1 atom stereocenters. The summed E-state index contributed by atoms with van der Waals surface area (Å²) in [6.07, 6.45) is 6.77. The SMILES string of the molecule is CCC(Sc1cccc(NC(=O)c2cccc(Cl)c2)c1)C(=O)Nc1sc2c(c1C(=O)OC)CCCCCC2. The van der Waals surface area contributed by atoms with Crippen LogP contribution < -0.4 is 10.6 Å². The molecular formula is C29H31ClN2O4S2. The Labute approximate surface area is 236 Å². The van der Waals surface area contributed by atoms with E-state index in [1.165, 1.54) is 41.5 Å². The van der Waals surface area contributed by atoms with Gasteiger partial charge in [-0.1, -0.05) is 43.5 Å². The smallest absolute Gasteiger partial charge is 0.341 e. The first-order valence-corrected chi connectivity index (χ1v) is 14.8. The first-order chi connectivity index (χ1) is 18.4. The zero-order valence-electron chi connectivity index (χ0n) is 21.5. The molecule has 2 N–H and O–H groups in total. The third kappa shape index (κ3) is 6.98. The highest BCUT2D eigenvalue weighted by Gasteiger charge is 2.28. The van der Waals surface area contributed by atoms with Gasteiger partial charge in [0.2, 0.25) is 5.91 Å². The molecule has 0 saturated heterocycles. The second-order valence-electron chi connectivity index (χ2n) is 9.11. The van der Waals surface area contributed by atoms with Gasteiger partial charge < -0.3 is 15.4 Å². The molecule has 1 aromatic heterocycles. The summed E-state index contributed by atoms with van der Waals surface area (Å²) in [6.45, 7) is 1.96. The lowest BCUT2D eigenvalue weighted by atomic mass is 9.96. The third-order valence-electron chi connectivity index (χ3n) is 6.42. The largest absolute Gasteiger partial charge is 0.465 e. The molecule has 0 bridgehead atoms. The molecule has 3 aromatic rings. The van der Waals surface area contributed by atoms with Crippen LogP contribution in [0.3, 0.4) is 0 Å². The molecule has 0 fully saturated rings. The van der Waals surface area contributed by atoms with Crippen LogP contribution in [-0.4, -0.2) is 30.1 Å². The summed E-state index contributed by atoms with van der Waals surface area (Å²) in [5.74, 6) is -0.824. The molecule has 1 aliphatic carbocycles. The minimum absolute atomic E-state index is 0.162. The Morgan fingerprint density at radius 2 is 1.79 bits per heavy atom. The summed E-state index contributed by atoms with van der Waals surface area (Å²) < 4.78 is 5.09. The maximum absolute atomic E-state index is 13.4. The van der Waals surface area contributed by atoms with Gasteiger partial charge in [-0.3, -0.25) is 9.59 Å². The minimum Gasteiger partial charge on any atom is -0.465 e. The van der Waals surface area contributed by atoms with Crippen molar-refractivity contribution >= 4 is 63.2 Å². The van der Waals surface area contributed by atoms with Crippen LogP contribution in [-0.2, 0) is 22.4 Å². The van der Waals surface area contributed by atoms with E-state index in [1.807, 2.05) is 25.1 Å². The van der Waals surface area contributed by atoms with Crippen molar-refractivity contribution in [2.75, 3.05) is 17.7 Å². The van der Waals surface area contributed by atoms with Crippen LogP contribution in [0.15, 0.2) is 53.4 Å². The number of carbonyl (C=O) groups excluding carboxylic acids is 3. The molecule has 2 aromatic carbocycles. The number of rotatable bonds is 8. The topological polar surface area (TPSA) is 84.5 Å². The molecule has 1 heterocycles. The van der Waals surface area contributed by atoms with E-state index in [4.69, 9.17) is 16.3 Å². The third-order valence-corrected chi connectivity index (χ3v) is 9.22. The molecule has 1 unspecified atom stereocenters. The van der Waals surface area contributed by atoms with Crippen molar-refractivity contribution in [3.05, 3.63) is 75.1 Å². The lowest BCUT2D eigenvalue weighted by molar-refractivity contribution is -0.115. The minimum atomic E-state index is -0.401. The molecule has 0 aliphatic heterocycles. The zero-order chi connectivity index (χ0) is 27.1. The van der Waals surface area contributed by atoms with E-state index in [0.717, 1.165) is 42.6 Å². The van der Waals surface area contributed by atoms with Crippen molar-refractivity contribution in [2.24, 2.45) is 0 Å². The number of methoxy groups -OCH3 is 1. The van der Waals surface area contributed by atoms with Gasteiger partial charge in [-0.05, 0) is 74.1 Å². The van der Waals surface area contributed by atoms with Crippen molar-refractivity contribution in [1.29, 1.82) is 0 Å².